The van der Waals surface area contributed by atoms with E-state index >= 15 is 0 Å². The van der Waals surface area contributed by atoms with Gasteiger partial charge in [-0.25, -0.2) is 4.85 Å². The van der Waals surface area contributed by atoms with Crippen LogP contribution < -0.4 is 0 Å². The Morgan fingerprint density at radius 1 is 1.29 bits per heavy atom. The number of alkyl halides is 3. The van der Waals surface area contributed by atoms with Gasteiger partial charge in [-0.3, -0.25) is 0 Å². The van der Waals surface area contributed by atoms with Crippen LogP contribution in [0.1, 0.15) is 12.5 Å². The third kappa shape index (κ3) is 2.76. The van der Waals surface area contributed by atoms with Crippen LogP contribution in [0.2, 0.25) is 0 Å². The maximum atomic E-state index is 12.7. The molecule has 17 heavy (non-hydrogen) atoms. The summed E-state index contributed by atoms with van der Waals surface area (Å²) in [6.07, 6.45) is -4.98. The zero-order chi connectivity index (χ0) is 13.1. The lowest BCUT2D eigenvalue weighted by Gasteiger charge is -2.24. The summed E-state index contributed by atoms with van der Waals surface area (Å²) in [5.74, 6) is 0. The summed E-state index contributed by atoms with van der Waals surface area (Å²) in [5.41, 5.74) is -1.65. The molecule has 0 saturated heterocycles. The smallest absolute Gasteiger partial charge is 0.238 e. The first-order chi connectivity index (χ1) is 7.82. The molecule has 88 valence electrons. The van der Waals surface area contributed by atoms with E-state index in [0.717, 1.165) is 6.92 Å². The van der Waals surface area contributed by atoms with Gasteiger partial charge in [-0.05, 0) is 18.9 Å². The van der Waals surface area contributed by atoms with E-state index in [1.165, 1.54) is 30.3 Å². The molecule has 0 fully saturated rings. The summed E-state index contributed by atoms with van der Waals surface area (Å²) in [7, 11) is 0. The number of nitrogens with zero attached hydrogens (tertiary/aromatic N) is 2. The lowest BCUT2D eigenvalue weighted by Crippen LogP contribution is -2.35. The Morgan fingerprint density at radius 2 is 1.82 bits per heavy atom. The van der Waals surface area contributed by atoms with Crippen LogP contribution in [0.25, 0.3) is 4.85 Å². The first-order valence-electron chi connectivity index (χ1n) is 4.77. The van der Waals surface area contributed by atoms with Crippen LogP contribution in [-0.2, 0) is 6.42 Å². The summed E-state index contributed by atoms with van der Waals surface area (Å²) >= 11 is 0. The maximum Gasteiger partial charge on any atom is 0.407 e. The molecule has 0 radical (unpaired) electrons. The van der Waals surface area contributed by atoms with Crippen molar-refractivity contribution < 1.29 is 13.2 Å². The Bertz CT molecular complexity index is 476. The van der Waals surface area contributed by atoms with E-state index in [9.17, 15) is 13.2 Å². The quantitative estimate of drug-likeness (QED) is 0.719. The van der Waals surface area contributed by atoms with Crippen LogP contribution >= 0.6 is 0 Å². The van der Waals surface area contributed by atoms with Gasteiger partial charge in [0, 0.05) is 0 Å². The van der Waals surface area contributed by atoms with E-state index in [1.807, 2.05) is 0 Å². The van der Waals surface area contributed by atoms with E-state index in [4.69, 9.17) is 11.8 Å². The van der Waals surface area contributed by atoms with Crippen molar-refractivity contribution in [3.8, 4) is 6.07 Å². The number of hydrogen-bond acceptors (Lipinski definition) is 1. The molecule has 0 aliphatic rings. The van der Waals surface area contributed by atoms with E-state index in [1.54, 1.807) is 0 Å². The minimum absolute atomic E-state index is 0.361. The van der Waals surface area contributed by atoms with Gasteiger partial charge >= 0.3 is 6.18 Å². The van der Waals surface area contributed by atoms with Gasteiger partial charge in [0.2, 0.25) is 0 Å². The molecular formula is C12H9F3N2. The fraction of sp³-hybridized carbons (Fsp3) is 0.333. The van der Waals surface area contributed by atoms with Crippen molar-refractivity contribution >= 4 is 5.69 Å². The summed E-state index contributed by atoms with van der Waals surface area (Å²) in [4.78, 5) is 3.14. The van der Waals surface area contributed by atoms with Crippen molar-refractivity contribution in [1.82, 2.24) is 0 Å². The van der Waals surface area contributed by atoms with Crippen molar-refractivity contribution in [1.29, 1.82) is 5.26 Å². The second-order valence-electron chi connectivity index (χ2n) is 3.90. The molecule has 0 N–H and O–H groups in total. The van der Waals surface area contributed by atoms with Gasteiger partial charge in [0.05, 0.1) is 12.6 Å². The molecule has 0 saturated carbocycles. The van der Waals surface area contributed by atoms with Crippen molar-refractivity contribution in [2.75, 3.05) is 0 Å². The number of halogens is 3. The summed E-state index contributed by atoms with van der Waals surface area (Å²) in [6.45, 7) is 7.59. The third-order valence-corrected chi connectivity index (χ3v) is 2.50. The van der Waals surface area contributed by atoms with E-state index < -0.39 is 18.0 Å². The highest BCUT2D eigenvalue weighted by molar-refractivity contribution is 5.45. The fourth-order valence-corrected chi connectivity index (χ4v) is 1.30. The second kappa shape index (κ2) is 4.47. The van der Waals surface area contributed by atoms with Gasteiger partial charge in [-0.2, -0.15) is 18.4 Å². The molecule has 0 aliphatic heterocycles. The zero-order valence-electron chi connectivity index (χ0n) is 9.04. The number of rotatable bonds is 2. The average molecular weight is 238 g/mol. The van der Waals surface area contributed by atoms with Crippen LogP contribution in [0.5, 0.6) is 0 Å². The van der Waals surface area contributed by atoms with Gasteiger partial charge in [-0.1, -0.05) is 24.3 Å². The SMILES string of the molecule is [C-]#[N+]c1ccc(CC(C)(C#N)C(F)(F)F)cc1. The molecule has 1 aromatic rings. The van der Waals surface area contributed by atoms with Crippen LogP contribution in [0.15, 0.2) is 24.3 Å². The van der Waals surface area contributed by atoms with Crippen molar-refractivity contribution in [3.63, 3.8) is 0 Å². The molecule has 0 bridgehead atoms. The molecule has 0 aliphatic carbocycles. The molecule has 0 spiro atoms. The first-order valence-corrected chi connectivity index (χ1v) is 4.77. The Balaban J connectivity index is 2.98. The predicted octanol–water partition coefficient (Wildman–Crippen LogP) is 3.87. The van der Waals surface area contributed by atoms with Crippen LogP contribution in [-0.4, -0.2) is 6.18 Å². The van der Waals surface area contributed by atoms with Gasteiger partial charge in [0.25, 0.3) is 0 Å². The predicted molar refractivity (Wildman–Crippen MR) is 56.2 cm³/mol. The zero-order valence-corrected chi connectivity index (χ0v) is 9.04. The molecule has 0 heterocycles. The second-order valence-corrected chi connectivity index (χ2v) is 3.90. The fourth-order valence-electron chi connectivity index (χ4n) is 1.30. The topological polar surface area (TPSA) is 28.1 Å². The Kier molecular flexibility index (Phi) is 3.43. The lowest BCUT2D eigenvalue weighted by molar-refractivity contribution is -0.196. The Labute approximate surface area is 97.1 Å². The highest BCUT2D eigenvalue weighted by Crippen LogP contribution is 2.40. The molecule has 0 amide bonds. The number of nitriles is 1. The largest absolute Gasteiger partial charge is 0.407 e. The number of benzene rings is 1. The number of hydrogen-bond donors (Lipinski definition) is 0. The van der Waals surface area contributed by atoms with Crippen molar-refractivity contribution in [3.05, 3.63) is 41.2 Å². The maximum absolute atomic E-state index is 12.7. The minimum atomic E-state index is -4.57. The van der Waals surface area contributed by atoms with Gasteiger partial charge in [0.1, 0.15) is 0 Å². The molecule has 1 unspecified atom stereocenters. The Hall–Kier alpha value is -2.01. The molecule has 5 heteroatoms. The highest BCUT2D eigenvalue weighted by atomic mass is 19.4. The molecule has 1 rings (SSSR count). The van der Waals surface area contributed by atoms with Crippen LogP contribution in [0.4, 0.5) is 18.9 Å². The average Bonchev–Trinajstić information content (AvgIpc) is 2.28. The highest BCUT2D eigenvalue weighted by Gasteiger charge is 2.51. The van der Waals surface area contributed by atoms with Gasteiger partial charge in [0.15, 0.2) is 11.1 Å². The molecule has 1 aromatic carbocycles. The van der Waals surface area contributed by atoms with Crippen molar-refractivity contribution in [2.45, 2.75) is 19.5 Å². The molecule has 2 nitrogen and oxygen atoms in total. The van der Waals surface area contributed by atoms with Gasteiger partial charge < -0.3 is 0 Å². The summed E-state index contributed by atoms with van der Waals surface area (Å²) in [5, 5.41) is 8.66. The summed E-state index contributed by atoms with van der Waals surface area (Å²) < 4.78 is 38.0. The molecular weight excluding hydrogens is 229 g/mol. The van der Waals surface area contributed by atoms with Crippen LogP contribution in [0, 0.1) is 23.3 Å². The lowest BCUT2D eigenvalue weighted by atomic mass is 9.84. The third-order valence-electron chi connectivity index (χ3n) is 2.50. The summed E-state index contributed by atoms with van der Waals surface area (Å²) in [6, 6.07) is 7.07. The van der Waals surface area contributed by atoms with E-state index in [-0.39, 0.29) is 0 Å². The van der Waals surface area contributed by atoms with Crippen molar-refractivity contribution in [2.24, 2.45) is 5.41 Å². The monoisotopic (exact) mass is 238 g/mol. The molecule has 1 atom stereocenters. The first kappa shape index (κ1) is 13.1. The molecule has 0 aromatic heterocycles. The standard InChI is InChI=1S/C12H9F3N2/c1-11(8-16,12(13,14)15)7-9-3-5-10(17-2)6-4-9/h3-6H,7H2,1H3. The normalized spacial score (nSPS) is 14.5. The van der Waals surface area contributed by atoms with Gasteiger partial charge in [-0.15, -0.1) is 0 Å². The minimum Gasteiger partial charge on any atom is -0.238 e. The Morgan fingerprint density at radius 3 is 2.18 bits per heavy atom. The van der Waals surface area contributed by atoms with Crippen LogP contribution in [0.3, 0.4) is 0 Å². The van der Waals surface area contributed by atoms with E-state index in [2.05, 4.69) is 4.85 Å². The van der Waals surface area contributed by atoms with E-state index in [0.29, 0.717) is 11.3 Å².